The molecule has 198 valence electrons. The first kappa shape index (κ1) is 23.9. The van der Waals surface area contributed by atoms with Crippen molar-refractivity contribution in [1.82, 2.24) is 30.1 Å². The number of ether oxygens (including phenoxy) is 2. The third kappa shape index (κ3) is 4.76. The van der Waals surface area contributed by atoms with E-state index in [-0.39, 0.29) is 6.04 Å². The number of H-pyrrole nitrogens is 1. The Kier molecular flexibility index (Phi) is 6.46. The lowest BCUT2D eigenvalue weighted by atomic mass is 9.88. The first-order chi connectivity index (χ1) is 19.3. The topological polar surface area (TPSA) is 81.1 Å². The second kappa shape index (κ2) is 10.5. The fourth-order valence-electron chi connectivity index (χ4n) is 6.13. The maximum Gasteiger partial charge on any atom is 0.173 e. The average Bonchev–Trinajstić information content (AvgIpc) is 3.66. The number of fused-ring (bicyclic) bond motifs is 2. The lowest BCUT2D eigenvalue weighted by molar-refractivity contribution is 0.137. The van der Waals surface area contributed by atoms with Crippen molar-refractivity contribution in [1.29, 1.82) is 0 Å². The number of para-hydroxylation sites is 1. The van der Waals surface area contributed by atoms with Crippen molar-refractivity contribution >= 4 is 10.9 Å². The normalized spacial score (nSPS) is 16.9. The molecule has 2 aromatic heterocycles. The summed E-state index contributed by atoms with van der Waals surface area (Å²) in [5.74, 6) is 2.91. The summed E-state index contributed by atoms with van der Waals surface area (Å²) in [6.45, 7) is 3.11. The predicted molar refractivity (Wildman–Crippen MR) is 149 cm³/mol. The molecule has 1 atom stereocenters. The van der Waals surface area contributed by atoms with Crippen LogP contribution in [0.3, 0.4) is 0 Å². The minimum absolute atomic E-state index is 0.0947. The number of rotatable bonds is 7. The molecule has 8 nitrogen and oxygen atoms in total. The zero-order valence-corrected chi connectivity index (χ0v) is 21.9. The average molecular weight is 521 g/mol. The highest BCUT2D eigenvalue weighted by Crippen LogP contribution is 2.38. The van der Waals surface area contributed by atoms with E-state index in [0.717, 1.165) is 61.8 Å². The SMILES string of the molecule is c1ccc(CCC(c2nnnn2-c2ccc3c(c2)OCCO3)N2CCC(c3c[nH]c4ccccc34)CC2)cc1. The van der Waals surface area contributed by atoms with Gasteiger partial charge in [-0.1, -0.05) is 48.5 Å². The molecular formula is C31H32N6O2. The number of tetrazole rings is 1. The number of aromatic amines is 1. The largest absolute Gasteiger partial charge is 0.486 e. The summed E-state index contributed by atoms with van der Waals surface area (Å²) >= 11 is 0. The molecule has 1 N–H and O–H groups in total. The van der Waals surface area contributed by atoms with Crippen molar-refractivity contribution in [2.45, 2.75) is 37.6 Å². The van der Waals surface area contributed by atoms with Gasteiger partial charge in [0.05, 0.1) is 11.7 Å². The van der Waals surface area contributed by atoms with Gasteiger partial charge >= 0.3 is 0 Å². The Bertz CT molecular complexity index is 1550. The molecule has 0 radical (unpaired) electrons. The standard InChI is InChI=1S/C31H32N6O2/c1-2-6-22(7-3-1)10-12-28(31-33-34-35-37(31)24-11-13-29-30(20-24)39-19-18-38-29)36-16-14-23(15-17-36)26-21-32-27-9-5-4-8-25(26)27/h1-9,11,13,20-21,23,28,32H,10,12,14-19H2. The molecule has 0 bridgehead atoms. The van der Waals surface area contributed by atoms with Crippen LogP contribution in [0.25, 0.3) is 16.6 Å². The van der Waals surface area contributed by atoms with Crippen LogP contribution in [0.15, 0.2) is 79.0 Å². The highest BCUT2D eigenvalue weighted by atomic mass is 16.6. The van der Waals surface area contributed by atoms with Crippen LogP contribution in [0.4, 0.5) is 0 Å². The van der Waals surface area contributed by atoms with Crippen LogP contribution in [-0.2, 0) is 6.42 Å². The molecule has 2 aliphatic rings. The maximum absolute atomic E-state index is 5.84. The summed E-state index contributed by atoms with van der Waals surface area (Å²) in [6, 6.07) is 25.3. The van der Waals surface area contributed by atoms with Crippen molar-refractivity contribution in [3.05, 3.63) is 95.9 Å². The zero-order chi connectivity index (χ0) is 26.0. The van der Waals surface area contributed by atoms with Crippen molar-refractivity contribution in [3.63, 3.8) is 0 Å². The van der Waals surface area contributed by atoms with Gasteiger partial charge in [-0.05, 0) is 84.4 Å². The fraction of sp³-hybridized carbons (Fsp3) is 0.323. The third-order valence-electron chi connectivity index (χ3n) is 8.14. The molecule has 0 aliphatic carbocycles. The highest BCUT2D eigenvalue weighted by molar-refractivity contribution is 5.83. The maximum atomic E-state index is 5.84. The Labute approximate surface area is 227 Å². The van der Waals surface area contributed by atoms with Gasteiger partial charge in [0, 0.05) is 23.2 Å². The van der Waals surface area contributed by atoms with Gasteiger partial charge in [-0.3, -0.25) is 4.90 Å². The zero-order valence-electron chi connectivity index (χ0n) is 21.9. The number of nitrogens with one attached hydrogen (secondary N) is 1. The Hall–Kier alpha value is -4.17. The van der Waals surface area contributed by atoms with Gasteiger partial charge in [0.2, 0.25) is 0 Å². The van der Waals surface area contributed by atoms with Crippen LogP contribution in [0, 0.1) is 0 Å². The first-order valence-corrected chi connectivity index (χ1v) is 13.9. The van der Waals surface area contributed by atoms with Crippen molar-refractivity contribution in [3.8, 4) is 17.2 Å². The van der Waals surface area contributed by atoms with Crippen LogP contribution in [0.5, 0.6) is 11.5 Å². The number of benzene rings is 3. The number of hydrogen-bond acceptors (Lipinski definition) is 6. The van der Waals surface area contributed by atoms with Crippen molar-refractivity contribution in [2.75, 3.05) is 26.3 Å². The summed E-state index contributed by atoms with van der Waals surface area (Å²) in [5, 5.41) is 14.5. The summed E-state index contributed by atoms with van der Waals surface area (Å²) in [5.41, 5.74) is 4.87. The van der Waals surface area contributed by atoms with E-state index in [0.29, 0.717) is 19.1 Å². The molecule has 3 aromatic carbocycles. The number of aryl methyl sites for hydroxylation is 1. The van der Waals surface area contributed by atoms with E-state index in [1.165, 1.54) is 22.0 Å². The first-order valence-electron chi connectivity index (χ1n) is 13.9. The van der Waals surface area contributed by atoms with Crippen LogP contribution >= 0.6 is 0 Å². The second-order valence-electron chi connectivity index (χ2n) is 10.4. The molecule has 1 unspecified atom stereocenters. The monoisotopic (exact) mass is 520 g/mol. The molecule has 5 aromatic rings. The van der Waals surface area contributed by atoms with E-state index in [9.17, 15) is 0 Å². The van der Waals surface area contributed by atoms with E-state index >= 15 is 0 Å². The second-order valence-corrected chi connectivity index (χ2v) is 10.4. The van der Waals surface area contributed by atoms with Crippen molar-refractivity contribution < 1.29 is 9.47 Å². The molecule has 0 saturated carbocycles. The molecule has 2 aliphatic heterocycles. The van der Waals surface area contributed by atoms with Crippen LogP contribution < -0.4 is 9.47 Å². The Morgan fingerprint density at radius 1 is 0.897 bits per heavy atom. The summed E-state index contributed by atoms with van der Waals surface area (Å²) in [7, 11) is 0. The quantitative estimate of drug-likeness (QED) is 0.307. The Morgan fingerprint density at radius 3 is 2.56 bits per heavy atom. The van der Waals surface area contributed by atoms with Gasteiger partial charge in [0.15, 0.2) is 17.3 Å². The van der Waals surface area contributed by atoms with E-state index in [1.807, 2.05) is 22.9 Å². The van der Waals surface area contributed by atoms with Crippen LogP contribution in [0.1, 0.15) is 48.2 Å². The number of piperidine rings is 1. The molecule has 1 saturated heterocycles. The number of hydrogen-bond donors (Lipinski definition) is 1. The molecule has 4 heterocycles. The number of nitrogens with zero attached hydrogens (tertiary/aromatic N) is 5. The van der Waals surface area contributed by atoms with E-state index in [1.54, 1.807) is 0 Å². The number of likely N-dealkylation sites (tertiary alicyclic amines) is 1. The Balaban J connectivity index is 1.16. The smallest absolute Gasteiger partial charge is 0.173 e. The molecular weight excluding hydrogens is 488 g/mol. The predicted octanol–water partition coefficient (Wildman–Crippen LogP) is 5.47. The molecule has 7 rings (SSSR count). The van der Waals surface area contributed by atoms with Gasteiger partial charge < -0.3 is 14.5 Å². The van der Waals surface area contributed by atoms with E-state index < -0.39 is 0 Å². The van der Waals surface area contributed by atoms with E-state index in [4.69, 9.17) is 9.47 Å². The Morgan fingerprint density at radius 2 is 1.69 bits per heavy atom. The van der Waals surface area contributed by atoms with Gasteiger partial charge in [0.1, 0.15) is 13.2 Å². The number of aromatic nitrogens is 5. The lowest BCUT2D eigenvalue weighted by Gasteiger charge is -2.37. The molecule has 0 amide bonds. The minimum atomic E-state index is 0.0947. The summed E-state index contributed by atoms with van der Waals surface area (Å²) in [6.07, 6.45) is 6.32. The van der Waals surface area contributed by atoms with Crippen LogP contribution in [0.2, 0.25) is 0 Å². The van der Waals surface area contributed by atoms with Gasteiger partial charge in [-0.2, -0.15) is 4.68 Å². The molecule has 1 fully saturated rings. The molecule has 39 heavy (non-hydrogen) atoms. The van der Waals surface area contributed by atoms with Crippen LogP contribution in [-0.4, -0.2) is 56.4 Å². The fourth-order valence-corrected chi connectivity index (χ4v) is 6.13. The lowest BCUT2D eigenvalue weighted by Crippen LogP contribution is -2.37. The van der Waals surface area contributed by atoms with Gasteiger partial charge in [-0.15, -0.1) is 5.10 Å². The third-order valence-corrected chi connectivity index (χ3v) is 8.14. The molecule has 0 spiro atoms. The highest BCUT2D eigenvalue weighted by Gasteiger charge is 2.31. The summed E-state index contributed by atoms with van der Waals surface area (Å²) in [4.78, 5) is 6.04. The van der Waals surface area contributed by atoms with Gasteiger partial charge in [-0.25, -0.2) is 0 Å². The van der Waals surface area contributed by atoms with E-state index in [2.05, 4.69) is 86.2 Å². The summed E-state index contributed by atoms with van der Waals surface area (Å²) < 4.78 is 13.4. The van der Waals surface area contributed by atoms with Crippen molar-refractivity contribution in [2.24, 2.45) is 0 Å². The minimum Gasteiger partial charge on any atom is -0.486 e. The molecule has 8 heteroatoms. The van der Waals surface area contributed by atoms with Gasteiger partial charge in [0.25, 0.3) is 0 Å².